The van der Waals surface area contributed by atoms with Gasteiger partial charge in [0.2, 0.25) is 0 Å². The third kappa shape index (κ3) is 6.56. The Bertz CT molecular complexity index is 1440. The molecule has 1 aliphatic heterocycles. The normalized spacial score (nSPS) is 17.1. The van der Waals surface area contributed by atoms with Crippen LogP contribution in [0, 0.1) is 11.8 Å². The maximum Gasteiger partial charge on any atom is 0.394 e. The topological polar surface area (TPSA) is 82.9 Å². The lowest BCUT2D eigenvalue weighted by Gasteiger charge is -2.37. The molecule has 1 atom stereocenters. The number of hydrogen-bond donors (Lipinski definition) is 3. The van der Waals surface area contributed by atoms with Gasteiger partial charge in [0.15, 0.2) is 5.65 Å². The number of nitrogens with zero attached hydrogens (tertiary/aromatic N) is 3. The molecule has 0 bridgehead atoms. The average Bonchev–Trinajstić information content (AvgIpc) is 3.23. The van der Waals surface area contributed by atoms with Crippen molar-refractivity contribution in [3.63, 3.8) is 0 Å². The van der Waals surface area contributed by atoms with E-state index >= 15 is 0 Å². The monoisotopic (exact) mass is 564 g/mol. The third-order valence-corrected chi connectivity index (χ3v) is 6.50. The number of aromatic nitrogens is 2. The zero-order valence-electron chi connectivity index (χ0n) is 22.1. The zero-order valence-corrected chi connectivity index (χ0v) is 22.1. The lowest BCUT2D eigenvalue weighted by Crippen LogP contribution is -2.53. The van der Waals surface area contributed by atoms with Crippen LogP contribution in [0.2, 0.25) is 0 Å². The Hall–Kier alpha value is -4.05. The maximum atomic E-state index is 14.7. The second kappa shape index (κ2) is 11.6. The van der Waals surface area contributed by atoms with E-state index in [-0.39, 0.29) is 41.6 Å². The van der Waals surface area contributed by atoms with Gasteiger partial charge in [-0.15, -0.1) is 0 Å². The van der Waals surface area contributed by atoms with Crippen molar-refractivity contribution in [2.75, 3.05) is 51.5 Å². The summed E-state index contributed by atoms with van der Waals surface area (Å²) in [6, 6.07) is 6.56. The van der Waals surface area contributed by atoms with Crippen LogP contribution in [0.1, 0.15) is 28.2 Å². The van der Waals surface area contributed by atoms with E-state index in [0.717, 1.165) is 0 Å². The number of halogens is 5. The van der Waals surface area contributed by atoms with E-state index in [1.165, 1.54) is 41.8 Å². The lowest BCUT2D eigenvalue weighted by molar-refractivity contribution is -0.128. The highest BCUT2D eigenvalue weighted by Gasteiger charge is 2.44. The molecule has 3 aromatic rings. The second-order valence-corrected chi connectivity index (χ2v) is 9.45. The molecule has 1 fully saturated rings. The molecule has 1 amide bonds. The van der Waals surface area contributed by atoms with Crippen LogP contribution in [-0.2, 0) is 6.42 Å². The van der Waals surface area contributed by atoms with Gasteiger partial charge in [-0.1, -0.05) is 5.92 Å². The van der Waals surface area contributed by atoms with Crippen LogP contribution in [0.25, 0.3) is 5.65 Å². The average molecular weight is 565 g/mol. The number of rotatable bonds is 7. The predicted octanol–water partition coefficient (Wildman–Crippen LogP) is 4.02. The van der Waals surface area contributed by atoms with E-state index in [4.69, 9.17) is 4.74 Å². The minimum Gasteiger partial charge on any atom is -0.495 e. The molecule has 2 aromatic heterocycles. The van der Waals surface area contributed by atoms with Gasteiger partial charge >= 0.3 is 6.18 Å². The molecule has 1 aliphatic rings. The fraction of sp³-hybridized carbons (Fsp3) is 0.407. The first-order valence-electron chi connectivity index (χ1n) is 12.4. The number of carbonyl (C=O) groups is 1. The Morgan fingerprint density at radius 2 is 2.02 bits per heavy atom. The van der Waals surface area contributed by atoms with Crippen molar-refractivity contribution in [1.82, 2.24) is 19.6 Å². The number of nitrogens with one attached hydrogen (secondary N) is 3. The van der Waals surface area contributed by atoms with Gasteiger partial charge in [-0.2, -0.15) is 13.2 Å². The van der Waals surface area contributed by atoms with Crippen molar-refractivity contribution in [2.24, 2.45) is 0 Å². The number of anilines is 2. The number of piperidine rings is 1. The van der Waals surface area contributed by atoms with E-state index < -0.39 is 31.1 Å². The number of hydrogen-bond acceptors (Lipinski definition) is 6. The minimum absolute atomic E-state index is 0.0297. The summed E-state index contributed by atoms with van der Waals surface area (Å²) < 4.78 is 76.3. The number of imidazole rings is 1. The van der Waals surface area contributed by atoms with Crippen LogP contribution in [-0.4, -0.2) is 79.2 Å². The predicted molar refractivity (Wildman–Crippen MR) is 141 cm³/mol. The highest BCUT2D eigenvalue weighted by molar-refractivity contribution is 5.95. The smallest absolute Gasteiger partial charge is 0.394 e. The molecule has 13 heteroatoms. The van der Waals surface area contributed by atoms with Crippen molar-refractivity contribution >= 4 is 22.9 Å². The first-order chi connectivity index (χ1) is 18.9. The molecule has 0 spiro atoms. The van der Waals surface area contributed by atoms with E-state index in [0.29, 0.717) is 23.5 Å². The van der Waals surface area contributed by atoms with E-state index in [9.17, 15) is 26.7 Å². The first-order valence-corrected chi connectivity index (χ1v) is 12.4. The molecule has 1 aromatic carbocycles. The second-order valence-electron chi connectivity index (χ2n) is 9.45. The van der Waals surface area contributed by atoms with Gasteiger partial charge in [0.05, 0.1) is 49.7 Å². The largest absolute Gasteiger partial charge is 0.495 e. The van der Waals surface area contributed by atoms with Gasteiger partial charge in [-0.25, -0.2) is 13.8 Å². The third-order valence-electron chi connectivity index (χ3n) is 6.50. The maximum absolute atomic E-state index is 14.7. The summed E-state index contributed by atoms with van der Waals surface area (Å²) >= 11 is 0. The summed E-state index contributed by atoms with van der Waals surface area (Å²) in [6.07, 6.45) is -4.28. The Morgan fingerprint density at radius 3 is 2.70 bits per heavy atom. The molecule has 3 N–H and O–H groups in total. The van der Waals surface area contributed by atoms with Gasteiger partial charge < -0.3 is 30.0 Å². The van der Waals surface area contributed by atoms with Crippen LogP contribution in [0.5, 0.6) is 5.75 Å². The Balaban J connectivity index is 1.61. The lowest BCUT2D eigenvalue weighted by atomic mass is 10.0. The number of amides is 1. The van der Waals surface area contributed by atoms with Gasteiger partial charge in [-0.05, 0) is 49.7 Å². The zero-order chi connectivity index (χ0) is 29.1. The van der Waals surface area contributed by atoms with Gasteiger partial charge in [0.1, 0.15) is 11.4 Å². The molecule has 0 unspecified atom stereocenters. The Kier molecular flexibility index (Phi) is 8.39. The fourth-order valence-corrected chi connectivity index (χ4v) is 4.55. The molecule has 1 saturated heterocycles. The summed E-state index contributed by atoms with van der Waals surface area (Å²) in [5.74, 6) is 2.53. The van der Waals surface area contributed by atoms with Crippen LogP contribution >= 0.6 is 0 Å². The number of methoxy groups -OCH3 is 1. The first kappa shape index (κ1) is 28.9. The Labute approximate surface area is 227 Å². The van der Waals surface area contributed by atoms with Crippen LogP contribution in [0.4, 0.5) is 33.3 Å². The van der Waals surface area contributed by atoms with Crippen LogP contribution < -0.4 is 20.7 Å². The highest BCUT2D eigenvalue weighted by Crippen LogP contribution is 2.32. The number of ether oxygens (including phenoxy) is 1. The quantitative estimate of drug-likeness (QED) is 0.297. The number of pyridine rings is 1. The number of likely N-dealkylation sites (tertiary alicyclic amines) is 1. The van der Waals surface area contributed by atoms with Gasteiger partial charge in [-0.3, -0.25) is 4.79 Å². The van der Waals surface area contributed by atoms with Crippen molar-refractivity contribution in [3.05, 3.63) is 53.5 Å². The molecule has 3 heterocycles. The molecule has 214 valence electrons. The molecule has 40 heavy (non-hydrogen) atoms. The van der Waals surface area contributed by atoms with Crippen molar-refractivity contribution in [3.8, 4) is 17.6 Å². The van der Waals surface area contributed by atoms with E-state index in [1.807, 2.05) is 0 Å². The summed E-state index contributed by atoms with van der Waals surface area (Å²) in [5.41, 5.74) is 0.902. The van der Waals surface area contributed by atoms with Crippen LogP contribution in [0.3, 0.4) is 0 Å². The molecular formula is C27H29F5N6O2. The SMILES string of the molecule is CNC(=O)c1ccc(NCC#Cc2nc3c(N[C@H]4CCN(C)CC4(F)F)cccn3c2CC(F)(F)F)c(OC)c1. The fourth-order valence-electron chi connectivity index (χ4n) is 4.55. The highest BCUT2D eigenvalue weighted by atomic mass is 19.4. The molecular weight excluding hydrogens is 535 g/mol. The summed E-state index contributed by atoms with van der Waals surface area (Å²) in [6.45, 7) is 0.0553. The molecule has 0 radical (unpaired) electrons. The number of carbonyl (C=O) groups excluding carboxylic acids is 1. The number of fused-ring (bicyclic) bond motifs is 1. The van der Waals surface area contributed by atoms with E-state index in [1.54, 1.807) is 25.2 Å². The minimum atomic E-state index is -4.55. The van der Waals surface area contributed by atoms with Crippen molar-refractivity contribution in [1.29, 1.82) is 0 Å². The molecule has 8 nitrogen and oxygen atoms in total. The number of benzene rings is 1. The number of alkyl halides is 5. The van der Waals surface area contributed by atoms with Crippen molar-refractivity contribution < 1.29 is 31.5 Å². The molecule has 0 aliphatic carbocycles. The summed E-state index contributed by atoms with van der Waals surface area (Å²) in [7, 11) is 4.55. The standard InChI is InChI=1S/C27H29F5N6O2/c1-33-25(39)17-8-9-19(22(14-17)40-3)34-11-4-6-18-21(15-27(30,31)32)38-12-5-7-20(24(38)36-18)35-23-10-13-37(2)16-26(23,28)29/h5,7-9,12,14,23,34-35H,10-11,13,15-16H2,1-3H3,(H,33,39)/t23-/m0/s1. The Morgan fingerprint density at radius 1 is 1.25 bits per heavy atom. The van der Waals surface area contributed by atoms with Gasteiger partial charge in [0.25, 0.3) is 11.8 Å². The van der Waals surface area contributed by atoms with Crippen LogP contribution in [0.15, 0.2) is 36.5 Å². The van der Waals surface area contributed by atoms with Crippen molar-refractivity contribution in [2.45, 2.75) is 31.0 Å². The molecule has 4 rings (SSSR count). The molecule has 0 saturated carbocycles. The summed E-state index contributed by atoms with van der Waals surface area (Å²) in [4.78, 5) is 17.7. The summed E-state index contributed by atoms with van der Waals surface area (Å²) in [5, 5.41) is 8.34. The van der Waals surface area contributed by atoms with Gasteiger partial charge in [0, 0.05) is 25.4 Å². The van der Waals surface area contributed by atoms with E-state index in [2.05, 4.69) is 32.8 Å².